The zero-order chi connectivity index (χ0) is 19.3. The summed E-state index contributed by atoms with van der Waals surface area (Å²) in [6, 6.07) is 19.8. The molecule has 4 heteroatoms. The van der Waals surface area contributed by atoms with Gasteiger partial charge in [-0.2, -0.15) is 5.26 Å². The zero-order valence-corrected chi connectivity index (χ0v) is 15.3. The Morgan fingerprint density at radius 3 is 2.63 bits per heavy atom. The van der Waals surface area contributed by atoms with Crippen molar-refractivity contribution < 1.29 is 9.53 Å². The molecule has 0 aliphatic carbocycles. The Labute approximate surface area is 159 Å². The molecule has 2 atom stereocenters. The lowest BCUT2D eigenvalue weighted by molar-refractivity contribution is -0.152. The van der Waals surface area contributed by atoms with Gasteiger partial charge in [-0.25, -0.2) is 0 Å². The summed E-state index contributed by atoms with van der Waals surface area (Å²) in [6.45, 7) is 5.75. The van der Waals surface area contributed by atoms with Gasteiger partial charge in [0.2, 0.25) is 0 Å². The molecule has 1 N–H and O–H groups in total. The van der Waals surface area contributed by atoms with Gasteiger partial charge in [0.25, 0.3) is 0 Å². The fourth-order valence-corrected chi connectivity index (χ4v) is 3.67. The van der Waals surface area contributed by atoms with Crippen LogP contribution in [0, 0.1) is 16.7 Å². The molecule has 136 valence electrons. The average Bonchev–Trinajstić information content (AvgIpc) is 3.12. The van der Waals surface area contributed by atoms with Crippen molar-refractivity contribution in [3.63, 3.8) is 0 Å². The normalized spacial score (nSPS) is 14.1. The molecule has 2 aromatic carbocycles. The van der Waals surface area contributed by atoms with Crippen LogP contribution in [0.15, 0.2) is 73.4 Å². The van der Waals surface area contributed by atoms with Gasteiger partial charge in [0.15, 0.2) is 5.41 Å². The molecule has 0 spiro atoms. The Hall–Kier alpha value is -3.32. The summed E-state index contributed by atoms with van der Waals surface area (Å²) in [5.41, 5.74) is 1.35. The minimum Gasteiger partial charge on any atom is -0.465 e. The van der Waals surface area contributed by atoms with E-state index in [0.717, 1.165) is 22.0 Å². The van der Waals surface area contributed by atoms with Gasteiger partial charge < -0.3 is 9.72 Å². The van der Waals surface area contributed by atoms with E-state index in [1.54, 1.807) is 13.0 Å². The van der Waals surface area contributed by atoms with Crippen LogP contribution in [0.2, 0.25) is 0 Å². The summed E-state index contributed by atoms with van der Waals surface area (Å²) in [4.78, 5) is 16.3. The van der Waals surface area contributed by atoms with E-state index >= 15 is 0 Å². The summed E-state index contributed by atoms with van der Waals surface area (Å²) in [6.07, 6.45) is 3.70. The fraction of sp³-hybridized carbons (Fsp3) is 0.217. The molecule has 1 heterocycles. The summed E-state index contributed by atoms with van der Waals surface area (Å²) < 4.78 is 5.34. The molecule has 0 aliphatic heterocycles. The van der Waals surface area contributed by atoms with Crippen LogP contribution in [0.1, 0.15) is 30.4 Å². The molecule has 0 bridgehead atoms. The fourth-order valence-electron chi connectivity index (χ4n) is 3.67. The molecule has 0 saturated heterocycles. The van der Waals surface area contributed by atoms with Gasteiger partial charge in [0, 0.05) is 23.0 Å². The van der Waals surface area contributed by atoms with Gasteiger partial charge in [-0.3, -0.25) is 4.79 Å². The highest BCUT2D eigenvalue weighted by Gasteiger charge is 2.49. The minimum absolute atomic E-state index is 0.196. The van der Waals surface area contributed by atoms with Crippen molar-refractivity contribution in [1.29, 1.82) is 5.26 Å². The van der Waals surface area contributed by atoms with Crippen molar-refractivity contribution in [3.8, 4) is 6.07 Å². The number of nitriles is 1. The quantitative estimate of drug-likeness (QED) is 0.480. The number of carbonyl (C=O) groups is 1. The number of nitrogens with zero attached hydrogens (tertiary/aromatic N) is 1. The molecular weight excluding hydrogens is 336 g/mol. The lowest BCUT2D eigenvalue weighted by atomic mass is 9.67. The van der Waals surface area contributed by atoms with E-state index < -0.39 is 17.3 Å². The van der Waals surface area contributed by atoms with Crippen LogP contribution in [-0.4, -0.2) is 17.6 Å². The molecule has 0 fully saturated rings. The Kier molecular flexibility index (Phi) is 5.42. The van der Waals surface area contributed by atoms with Crippen molar-refractivity contribution in [3.05, 3.63) is 84.6 Å². The molecule has 0 amide bonds. The van der Waals surface area contributed by atoms with Gasteiger partial charge >= 0.3 is 5.97 Å². The maximum absolute atomic E-state index is 13.0. The molecule has 0 aliphatic rings. The van der Waals surface area contributed by atoms with Crippen LogP contribution < -0.4 is 0 Å². The Bertz CT molecular complexity index is 984. The number of aromatic nitrogens is 1. The van der Waals surface area contributed by atoms with Crippen LogP contribution in [0.3, 0.4) is 0 Å². The van der Waals surface area contributed by atoms with Crippen LogP contribution >= 0.6 is 0 Å². The first-order chi connectivity index (χ1) is 13.2. The number of nitrogens with one attached hydrogen (secondary N) is 1. The molecule has 3 rings (SSSR count). The Morgan fingerprint density at radius 2 is 1.96 bits per heavy atom. The van der Waals surface area contributed by atoms with Crippen LogP contribution in [0.5, 0.6) is 0 Å². The Balaban J connectivity index is 2.30. The van der Waals surface area contributed by atoms with E-state index in [2.05, 4.69) is 17.6 Å². The summed E-state index contributed by atoms with van der Waals surface area (Å²) in [5.74, 6) is -1.01. The number of hydrogen-bond donors (Lipinski definition) is 1. The molecule has 3 aromatic rings. The third kappa shape index (κ3) is 3.24. The first-order valence-corrected chi connectivity index (χ1v) is 8.98. The van der Waals surface area contributed by atoms with Gasteiger partial charge in [0.05, 0.1) is 12.7 Å². The van der Waals surface area contributed by atoms with E-state index in [-0.39, 0.29) is 13.0 Å². The van der Waals surface area contributed by atoms with Crippen molar-refractivity contribution in [2.45, 2.75) is 19.3 Å². The molecule has 4 nitrogen and oxygen atoms in total. The van der Waals surface area contributed by atoms with Crippen molar-refractivity contribution >= 4 is 16.9 Å². The maximum Gasteiger partial charge on any atom is 0.327 e. The van der Waals surface area contributed by atoms with Crippen LogP contribution in [0.4, 0.5) is 0 Å². The molecular formula is C23H22N2O2. The molecule has 1 aromatic heterocycles. The van der Waals surface area contributed by atoms with Gasteiger partial charge in [-0.15, -0.1) is 6.58 Å². The third-order valence-corrected chi connectivity index (χ3v) is 4.86. The number of H-pyrrole nitrogens is 1. The Morgan fingerprint density at radius 1 is 1.26 bits per heavy atom. The second-order valence-electron chi connectivity index (χ2n) is 6.43. The lowest BCUT2D eigenvalue weighted by Gasteiger charge is -2.32. The first-order valence-electron chi connectivity index (χ1n) is 8.98. The number of carbonyl (C=O) groups excluding carboxylic acids is 1. The minimum atomic E-state index is -1.40. The van der Waals surface area contributed by atoms with Crippen LogP contribution in [0.25, 0.3) is 10.9 Å². The number of fused-ring (bicyclic) bond motifs is 1. The van der Waals surface area contributed by atoms with E-state index in [0.29, 0.717) is 0 Å². The predicted octanol–water partition coefficient (Wildman–Crippen LogP) is 4.95. The monoisotopic (exact) mass is 358 g/mol. The summed E-state index contributed by atoms with van der Waals surface area (Å²) in [5, 5.41) is 11.2. The predicted molar refractivity (Wildman–Crippen MR) is 106 cm³/mol. The number of esters is 1. The second kappa shape index (κ2) is 7.92. The van der Waals surface area contributed by atoms with Crippen molar-refractivity contribution in [2.24, 2.45) is 5.41 Å². The van der Waals surface area contributed by atoms with Gasteiger partial charge in [0.1, 0.15) is 0 Å². The highest BCUT2D eigenvalue weighted by Crippen LogP contribution is 2.46. The zero-order valence-electron chi connectivity index (χ0n) is 15.3. The average molecular weight is 358 g/mol. The number of allylic oxidation sites excluding steroid dienone is 1. The summed E-state index contributed by atoms with van der Waals surface area (Å²) >= 11 is 0. The van der Waals surface area contributed by atoms with Crippen LogP contribution in [-0.2, 0) is 9.53 Å². The van der Waals surface area contributed by atoms with E-state index in [9.17, 15) is 10.1 Å². The van der Waals surface area contributed by atoms with Crippen molar-refractivity contribution in [1.82, 2.24) is 4.98 Å². The number of aromatic amines is 1. The number of hydrogen-bond acceptors (Lipinski definition) is 3. The highest BCUT2D eigenvalue weighted by molar-refractivity contribution is 5.88. The number of para-hydroxylation sites is 1. The lowest BCUT2D eigenvalue weighted by Crippen LogP contribution is -2.38. The van der Waals surface area contributed by atoms with E-state index in [1.807, 2.05) is 60.8 Å². The van der Waals surface area contributed by atoms with Gasteiger partial charge in [-0.05, 0) is 30.5 Å². The summed E-state index contributed by atoms with van der Waals surface area (Å²) in [7, 11) is 0. The highest BCUT2D eigenvalue weighted by atomic mass is 16.5. The maximum atomic E-state index is 13.0. The van der Waals surface area contributed by atoms with Crippen molar-refractivity contribution in [2.75, 3.05) is 6.61 Å². The number of ether oxygens (including phenoxy) is 1. The molecule has 27 heavy (non-hydrogen) atoms. The van der Waals surface area contributed by atoms with E-state index in [1.165, 1.54) is 0 Å². The largest absolute Gasteiger partial charge is 0.465 e. The third-order valence-electron chi connectivity index (χ3n) is 4.86. The standard InChI is InChI=1S/C23H22N2O2/c1-3-14-23(16-24,22(26)27-4-2)21(17-10-6-5-7-11-17)19-15-25-20-13-9-8-12-18(19)20/h3,5-13,15,21,25H,1,4,14H2,2H3. The first kappa shape index (κ1) is 18.5. The topological polar surface area (TPSA) is 65.9 Å². The number of benzene rings is 2. The SMILES string of the molecule is C=CCC(C#N)(C(=O)OCC)C(c1ccccc1)c1c[nH]c2ccccc12. The van der Waals surface area contributed by atoms with E-state index in [4.69, 9.17) is 4.74 Å². The second-order valence-corrected chi connectivity index (χ2v) is 6.43. The molecule has 0 radical (unpaired) electrons. The molecule has 0 saturated carbocycles. The van der Waals surface area contributed by atoms with Gasteiger partial charge in [-0.1, -0.05) is 54.6 Å². The number of rotatable bonds is 7. The molecule has 2 unspecified atom stereocenters. The smallest absolute Gasteiger partial charge is 0.327 e.